The molecule has 0 aliphatic rings. The SMILES string of the molecule is Cc1cccc2sc(NC(=O)c3ccc(Cn4cc(Br)cn4)cc3)nc12. The molecule has 4 aromatic rings. The molecule has 26 heavy (non-hydrogen) atoms. The topological polar surface area (TPSA) is 59.8 Å². The Morgan fingerprint density at radius 1 is 1.23 bits per heavy atom. The quantitative estimate of drug-likeness (QED) is 0.506. The molecule has 2 aromatic heterocycles. The number of nitrogens with one attached hydrogen (secondary N) is 1. The molecule has 7 heteroatoms. The number of nitrogens with zero attached hydrogens (tertiary/aromatic N) is 3. The summed E-state index contributed by atoms with van der Waals surface area (Å²) in [6.45, 7) is 2.68. The molecule has 1 N–H and O–H groups in total. The van der Waals surface area contributed by atoms with E-state index in [0.717, 1.165) is 25.8 Å². The Bertz CT molecular complexity index is 1080. The molecule has 0 spiro atoms. The zero-order valence-corrected chi connectivity index (χ0v) is 16.3. The Morgan fingerprint density at radius 2 is 2.04 bits per heavy atom. The van der Waals surface area contributed by atoms with Gasteiger partial charge in [-0.3, -0.25) is 14.8 Å². The van der Waals surface area contributed by atoms with Crippen LogP contribution in [0, 0.1) is 6.92 Å². The Morgan fingerprint density at radius 3 is 2.73 bits per heavy atom. The number of anilines is 1. The summed E-state index contributed by atoms with van der Waals surface area (Å²) in [5.74, 6) is -0.157. The fraction of sp³-hybridized carbons (Fsp3) is 0.105. The van der Waals surface area contributed by atoms with Gasteiger partial charge in [-0.15, -0.1) is 0 Å². The van der Waals surface area contributed by atoms with Crippen LogP contribution in [0.15, 0.2) is 59.3 Å². The predicted octanol–water partition coefficient (Wildman–Crippen LogP) is 4.86. The minimum absolute atomic E-state index is 0.157. The number of rotatable bonds is 4. The second-order valence-electron chi connectivity index (χ2n) is 5.95. The molecular weight excluding hydrogens is 412 g/mol. The summed E-state index contributed by atoms with van der Waals surface area (Å²) in [7, 11) is 0. The molecule has 0 radical (unpaired) electrons. The van der Waals surface area contributed by atoms with Crippen LogP contribution < -0.4 is 5.32 Å². The van der Waals surface area contributed by atoms with E-state index in [-0.39, 0.29) is 5.91 Å². The van der Waals surface area contributed by atoms with E-state index in [2.05, 4.69) is 31.3 Å². The second-order valence-corrected chi connectivity index (χ2v) is 7.89. The van der Waals surface area contributed by atoms with E-state index in [4.69, 9.17) is 0 Å². The lowest BCUT2D eigenvalue weighted by molar-refractivity contribution is 0.102. The van der Waals surface area contributed by atoms with Gasteiger partial charge in [-0.2, -0.15) is 5.10 Å². The molecule has 0 atom stereocenters. The van der Waals surface area contributed by atoms with Crippen LogP contribution in [0.5, 0.6) is 0 Å². The van der Waals surface area contributed by atoms with E-state index in [9.17, 15) is 4.79 Å². The van der Waals surface area contributed by atoms with Crippen LogP contribution in [0.1, 0.15) is 21.5 Å². The number of thiazole rings is 1. The first-order valence-electron chi connectivity index (χ1n) is 8.03. The highest BCUT2D eigenvalue weighted by Crippen LogP contribution is 2.28. The number of para-hydroxylation sites is 1. The summed E-state index contributed by atoms with van der Waals surface area (Å²) < 4.78 is 3.85. The third-order valence-electron chi connectivity index (χ3n) is 4.00. The maximum atomic E-state index is 12.5. The molecule has 0 aliphatic carbocycles. The van der Waals surface area contributed by atoms with Crippen LogP contribution in [-0.4, -0.2) is 20.7 Å². The number of carbonyl (C=O) groups excluding carboxylic acids is 1. The summed E-state index contributed by atoms with van der Waals surface area (Å²) in [5, 5.41) is 7.74. The standard InChI is InChI=1S/C19H15BrN4OS/c1-12-3-2-4-16-17(12)22-19(26-16)23-18(25)14-7-5-13(6-8-14)10-24-11-15(20)9-21-24/h2-9,11H,10H2,1H3,(H,22,23,25). The number of aryl methyl sites for hydroxylation is 1. The highest BCUT2D eigenvalue weighted by molar-refractivity contribution is 9.10. The average molecular weight is 427 g/mol. The Labute approximate surface area is 162 Å². The largest absolute Gasteiger partial charge is 0.298 e. The first kappa shape index (κ1) is 16.9. The highest BCUT2D eigenvalue weighted by atomic mass is 79.9. The lowest BCUT2D eigenvalue weighted by Gasteiger charge is -2.05. The minimum Gasteiger partial charge on any atom is -0.298 e. The molecule has 5 nitrogen and oxygen atoms in total. The van der Waals surface area contributed by atoms with Crippen molar-refractivity contribution in [2.45, 2.75) is 13.5 Å². The molecule has 0 bridgehead atoms. The fourth-order valence-corrected chi connectivity index (χ4v) is 3.95. The molecule has 4 rings (SSSR count). The van der Waals surface area contributed by atoms with Crippen molar-refractivity contribution in [1.29, 1.82) is 0 Å². The molecule has 2 heterocycles. The molecule has 130 valence electrons. The first-order chi connectivity index (χ1) is 12.6. The molecule has 0 aliphatic heterocycles. The predicted molar refractivity (Wildman–Crippen MR) is 108 cm³/mol. The van der Waals surface area contributed by atoms with Gasteiger partial charge in [0.1, 0.15) is 0 Å². The summed E-state index contributed by atoms with van der Waals surface area (Å²) >= 11 is 4.87. The number of halogens is 1. The number of aromatic nitrogens is 3. The second kappa shape index (κ2) is 7.01. The van der Waals surface area contributed by atoms with Gasteiger partial charge >= 0.3 is 0 Å². The molecule has 0 fully saturated rings. The van der Waals surface area contributed by atoms with Gasteiger partial charge in [0.15, 0.2) is 5.13 Å². The normalized spacial score (nSPS) is 11.0. The van der Waals surface area contributed by atoms with Crippen molar-refractivity contribution >= 4 is 48.5 Å². The van der Waals surface area contributed by atoms with Gasteiger partial charge in [-0.25, -0.2) is 4.98 Å². The highest BCUT2D eigenvalue weighted by Gasteiger charge is 2.11. The molecular formula is C19H15BrN4OS. The zero-order valence-electron chi connectivity index (χ0n) is 13.9. The molecule has 0 unspecified atom stereocenters. The van der Waals surface area contributed by atoms with Crippen molar-refractivity contribution in [1.82, 2.24) is 14.8 Å². The molecule has 0 saturated heterocycles. The van der Waals surface area contributed by atoms with Gasteiger partial charge in [0, 0.05) is 11.8 Å². The Kier molecular flexibility index (Phi) is 4.57. The van der Waals surface area contributed by atoms with E-state index in [1.807, 2.05) is 60.3 Å². The number of hydrogen-bond donors (Lipinski definition) is 1. The van der Waals surface area contributed by atoms with Gasteiger partial charge in [0.05, 0.1) is 27.4 Å². The van der Waals surface area contributed by atoms with Gasteiger partial charge in [-0.05, 0) is 52.2 Å². The smallest absolute Gasteiger partial charge is 0.257 e. The number of carbonyl (C=O) groups is 1. The maximum absolute atomic E-state index is 12.5. The van der Waals surface area contributed by atoms with Gasteiger partial charge in [0.2, 0.25) is 0 Å². The van der Waals surface area contributed by atoms with Crippen molar-refractivity contribution in [3.63, 3.8) is 0 Å². The Hall–Kier alpha value is -2.51. The number of benzene rings is 2. The van der Waals surface area contributed by atoms with Crippen LogP contribution in [0.25, 0.3) is 10.2 Å². The molecule has 2 aromatic carbocycles. The van der Waals surface area contributed by atoms with Crippen molar-refractivity contribution < 1.29 is 4.79 Å². The van der Waals surface area contributed by atoms with Crippen LogP contribution in [-0.2, 0) is 6.54 Å². The van der Waals surface area contributed by atoms with Crippen molar-refractivity contribution in [2.75, 3.05) is 5.32 Å². The first-order valence-corrected chi connectivity index (χ1v) is 9.64. The average Bonchev–Trinajstić information content (AvgIpc) is 3.22. The summed E-state index contributed by atoms with van der Waals surface area (Å²) in [6, 6.07) is 13.5. The third kappa shape index (κ3) is 3.54. The van der Waals surface area contributed by atoms with Crippen molar-refractivity contribution in [2.24, 2.45) is 0 Å². The summed E-state index contributed by atoms with van der Waals surface area (Å²) in [4.78, 5) is 17.0. The lowest BCUT2D eigenvalue weighted by Crippen LogP contribution is -2.11. The minimum atomic E-state index is -0.157. The van der Waals surface area contributed by atoms with E-state index >= 15 is 0 Å². The van der Waals surface area contributed by atoms with Crippen LogP contribution >= 0.6 is 27.3 Å². The monoisotopic (exact) mass is 426 g/mol. The molecule has 1 amide bonds. The lowest BCUT2D eigenvalue weighted by atomic mass is 10.1. The summed E-state index contributed by atoms with van der Waals surface area (Å²) in [6.07, 6.45) is 3.66. The third-order valence-corrected chi connectivity index (χ3v) is 5.35. The van der Waals surface area contributed by atoms with Gasteiger partial charge in [0.25, 0.3) is 5.91 Å². The fourth-order valence-electron chi connectivity index (χ4n) is 2.68. The van der Waals surface area contributed by atoms with Crippen molar-refractivity contribution in [3.05, 3.63) is 76.0 Å². The van der Waals surface area contributed by atoms with E-state index in [0.29, 0.717) is 17.2 Å². The number of fused-ring (bicyclic) bond motifs is 1. The number of amides is 1. The zero-order chi connectivity index (χ0) is 18.1. The van der Waals surface area contributed by atoms with Crippen LogP contribution in [0.2, 0.25) is 0 Å². The maximum Gasteiger partial charge on any atom is 0.257 e. The molecule has 0 saturated carbocycles. The Balaban J connectivity index is 1.48. The van der Waals surface area contributed by atoms with Gasteiger partial charge < -0.3 is 0 Å². The summed E-state index contributed by atoms with van der Waals surface area (Å²) in [5.41, 5.74) is 3.72. The van der Waals surface area contributed by atoms with Crippen molar-refractivity contribution in [3.8, 4) is 0 Å². The number of hydrogen-bond acceptors (Lipinski definition) is 4. The van der Waals surface area contributed by atoms with E-state index in [1.54, 1.807) is 6.20 Å². The van der Waals surface area contributed by atoms with E-state index in [1.165, 1.54) is 11.3 Å². The van der Waals surface area contributed by atoms with Crippen LogP contribution in [0.4, 0.5) is 5.13 Å². The van der Waals surface area contributed by atoms with Crippen LogP contribution in [0.3, 0.4) is 0 Å². The van der Waals surface area contributed by atoms with Gasteiger partial charge in [-0.1, -0.05) is 35.6 Å². The van der Waals surface area contributed by atoms with E-state index < -0.39 is 0 Å².